The fourth-order valence-corrected chi connectivity index (χ4v) is 4.60. The van der Waals surface area contributed by atoms with E-state index in [0.29, 0.717) is 22.9 Å². The maximum Gasteiger partial charge on any atom is 0.316 e. The fourth-order valence-electron chi connectivity index (χ4n) is 3.89. The van der Waals surface area contributed by atoms with Crippen LogP contribution in [0, 0.1) is 17.8 Å². The summed E-state index contributed by atoms with van der Waals surface area (Å²) in [5, 5.41) is 8.79. The van der Waals surface area contributed by atoms with Crippen molar-refractivity contribution >= 4 is 17.7 Å². The molecule has 1 aromatic heterocycles. The number of hydrogen-bond donors (Lipinski definition) is 0. The zero-order valence-corrected chi connectivity index (χ0v) is 17.8. The van der Waals surface area contributed by atoms with Crippen LogP contribution in [0.4, 0.5) is 0 Å². The quantitative estimate of drug-likeness (QED) is 0.505. The predicted molar refractivity (Wildman–Crippen MR) is 110 cm³/mol. The Morgan fingerprint density at radius 3 is 2.86 bits per heavy atom. The summed E-state index contributed by atoms with van der Waals surface area (Å²) >= 11 is 1.33. The lowest BCUT2D eigenvalue weighted by molar-refractivity contribution is -0.152. The number of ether oxygens (including phenoxy) is 2. The molecule has 0 N–H and O–H groups in total. The number of esters is 1. The summed E-state index contributed by atoms with van der Waals surface area (Å²) < 4.78 is 13.1. The first-order valence-electron chi connectivity index (χ1n) is 9.85. The maximum absolute atomic E-state index is 12.5. The van der Waals surface area contributed by atoms with Crippen LogP contribution in [0.1, 0.15) is 40.0 Å². The average molecular weight is 404 g/mol. The highest BCUT2D eigenvalue weighted by atomic mass is 32.2. The molecule has 1 fully saturated rings. The van der Waals surface area contributed by atoms with Crippen molar-refractivity contribution in [2.45, 2.75) is 51.3 Å². The fraction of sp³-hybridized carbons (Fsp3) is 0.571. The Labute approximate surface area is 171 Å². The van der Waals surface area contributed by atoms with Gasteiger partial charge in [0.25, 0.3) is 0 Å². The molecule has 0 amide bonds. The van der Waals surface area contributed by atoms with Crippen molar-refractivity contribution in [3.63, 3.8) is 0 Å². The maximum atomic E-state index is 12.5. The van der Waals surface area contributed by atoms with Crippen LogP contribution in [0.25, 0.3) is 5.69 Å². The number of thioether (sulfide) groups is 1. The van der Waals surface area contributed by atoms with Gasteiger partial charge in [0.15, 0.2) is 5.16 Å². The summed E-state index contributed by atoms with van der Waals surface area (Å²) in [7, 11) is 1.63. The van der Waals surface area contributed by atoms with Crippen molar-refractivity contribution in [3.05, 3.63) is 30.6 Å². The van der Waals surface area contributed by atoms with E-state index in [4.69, 9.17) is 9.47 Å². The summed E-state index contributed by atoms with van der Waals surface area (Å²) in [5.41, 5.74) is 0.840. The highest BCUT2D eigenvalue weighted by Gasteiger charge is 2.33. The molecular formula is C21H29N3O3S. The second-order valence-electron chi connectivity index (χ2n) is 7.80. The molecule has 152 valence electrons. The first-order chi connectivity index (χ1) is 13.5. The van der Waals surface area contributed by atoms with Crippen LogP contribution in [-0.4, -0.2) is 39.7 Å². The van der Waals surface area contributed by atoms with Gasteiger partial charge in [-0.3, -0.25) is 9.36 Å². The van der Waals surface area contributed by atoms with Crippen LogP contribution < -0.4 is 4.74 Å². The summed E-state index contributed by atoms with van der Waals surface area (Å²) in [6.45, 7) is 6.67. The molecule has 1 aromatic carbocycles. The number of nitrogens with zero attached hydrogens (tertiary/aromatic N) is 3. The third-order valence-corrected chi connectivity index (χ3v) is 6.34. The molecule has 2 aromatic rings. The van der Waals surface area contributed by atoms with E-state index in [-0.39, 0.29) is 17.8 Å². The van der Waals surface area contributed by atoms with Crippen LogP contribution in [-0.2, 0) is 9.53 Å². The monoisotopic (exact) mass is 403 g/mol. The number of rotatable bonds is 7. The molecule has 1 aliphatic rings. The summed E-state index contributed by atoms with van der Waals surface area (Å²) in [4.78, 5) is 12.5. The standard InChI is InChI=1S/C21H29N3O3S/c1-14(2)16-10-9-15(3)11-19(16)27-20(25)12-28-21-23-22-13-24(21)17-7-5-6-8-18(17)26-4/h5-8,13-16,19H,9-12H2,1-4H3. The number of benzene rings is 1. The molecule has 3 rings (SSSR count). The van der Waals surface area contributed by atoms with Gasteiger partial charge in [0, 0.05) is 0 Å². The van der Waals surface area contributed by atoms with Crippen molar-refractivity contribution in [3.8, 4) is 11.4 Å². The van der Waals surface area contributed by atoms with Gasteiger partial charge in [0.2, 0.25) is 0 Å². The first kappa shape index (κ1) is 20.7. The van der Waals surface area contributed by atoms with Crippen molar-refractivity contribution in [2.24, 2.45) is 17.8 Å². The lowest BCUT2D eigenvalue weighted by atomic mass is 9.75. The lowest BCUT2D eigenvalue weighted by Gasteiger charge is -2.36. The molecule has 0 saturated heterocycles. The van der Waals surface area contributed by atoms with Crippen LogP contribution in [0.2, 0.25) is 0 Å². The first-order valence-corrected chi connectivity index (χ1v) is 10.8. The molecule has 0 aliphatic heterocycles. The molecule has 6 nitrogen and oxygen atoms in total. The van der Waals surface area contributed by atoms with Gasteiger partial charge in [-0.25, -0.2) is 0 Å². The highest BCUT2D eigenvalue weighted by Crippen LogP contribution is 2.35. The average Bonchev–Trinajstić information content (AvgIpc) is 3.14. The van der Waals surface area contributed by atoms with Gasteiger partial charge >= 0.3 is 5.97 Å². The number of carbonyl (C=O) groups is 1. The zero-order valence-electron chi connectivity index (χ0n) is 17.0. The number of carbonyl (C=O) groups excluding carboxylic acids is 1. The minimum absolute atomic E-state index is 0.0175. The molecule has 0 bridgehead atoms. The molecule has 7 heteroatoms. The molecule has 3 atom stereocenters. The Balaban J connectivity index is 1.63. The third kappa shape index (κ3) is 4.87. The van der Waals surface area contributed by atoms with Crippen molar-refractivity contribution in [1.82, 2.24) is 14.8 Å². The molecule has 28 heavy (non-hydrogen) atoms. The molecular weight excluding hydrogens is 374 g/mol. The Morgan fingerprint density at radius 1 is 1.32 bits per heavy atom. The predicted octanol–water partition coefficient (Wildman–Crippen LogP) is 4.37. The largest absolute Gasteiger partial charge is 0.495 e. The Kier molecular flexibility index (Phi) is 6.99. The van der Waals surface area contributed by atoms with E-state index in [1.807, 2.05) is 28.8 Å². The molecule has 3 unspecified atom stereocenters. The number of para-hydroxylation sites is 2. The van der Waals surface area contributed by atoms with Crippen molar-refractivity contribution < 1.29 is 14.3 Å². The van der Waals surface area contributed by atoms with Crippen LogP contribution in [0.3, 0.4) is 0 Å². The summed E-state index contributed by atoms with van der Waals surface area (Å²) in [6, 6.07) is 7.65. The normalized spacial score (nSPS) is 22.2. The molecule has 1 heterocycles. The van der Waals surface area contributed by atoms with E-state index in [9.17, 15) is 4.79 Å². The van der Waals surface area contributed by atoms with E-state index < -0.39 is 0 Å². The van der Waals surface area contributed by atoms with E-state index in [1.54, 1.807) is 13.4 Å². The van der Waals surface area contributed by atoms with Gasteiger partial charge in [-0.15, -0.1) is 10.2 Å². The molecule has 0 spiro atoms. The Bertz CT molecular complexity index is 793. The number of aromatic nitrogens is 3. The summed E-state index contributed by atoms with van der Waals surface area (Å²) in [6.07, 6.45) is 4.95. The van der Waals surface area contributed by atoms with Crippen molar-refractivity contribution in [1.29, 1.82) is 0 Å². The Hall–Kier alpha value is -2.02. The molecule has 1 aliphatic carbocycles. The second-order valence-corrected chi connectivity index (χ2v) is 8.74. The van der Waals surface area contributed by atoms with E-state index in [0.717, 1.165) is 24.3 Å². The highest BCUT2D eigenvalue weighted by molar-refractivity contribution is 7.99. The van der Waals surface area contributed by atoms with Crippen LogP contribution >= 0.6 is 11.8 Å². The molecule has 0 radical (unpaired) electrons. The third-order valence-electron chi connectivity index (χ3n) is 5.42. The molecule has 1 saturated carbocycles. The smallest absolute Gasteiger partial charge is 0.316 e. The zero-order chi connectivity index (χ0) is 20.1. The summed E-state index contributed by atoms with van der Waals surface area (Å²) in [5.74, 6) is 2.32. The van der Waals surface area contributed by atoms with E-state index in [1.165, 1.54) is 18.2 Å². The van der Waals surface area contributed by atoms with Gasteiger partial charge in [0.05, 0.1) is 18.6 Å². The second kappa shape index (κ2) is 9.45. The van der Waals surface area contributed by atoms with Gasteiger partial charge in [-0.1, -0.05) is 51.1 Å². The van der Waals surface area contributed by atoms with Gasteiger partial charge in [-0.2, -0.15) is 0 Å². The van der Waals surface area contributed by atoms with Crippen LogP contribution in [0.15, 0.2) is 35.7 Å². The van der Waals surface area contributed by atoms with E-state index in [2.05, 4.69) is 31.0 Å². The number of hydrogen-bond acceptors (Lipinski definition) is 6. The van der Waals surface area contributed by atoms with Gasteiger partial charge < -0.3 is 9.47 Å². The van der Waals surface area contributed by atoms with Gasteiger partial charge in [-0.05, 0) is 42.7 Å². The topological polar surface area (TPSA) is 66.2 Å². The van der Waals surface area contributed by atoms with E-state index >= 15 is 0 Å². The minimum atomic E-state index is -0.190. The number of methoxy groups -OCH3 is 1. The van der Waals surface area contributed by atoms with Gasteiger partial charge in [0.1, 0.15) is 18.2 Å². The van der Waals surface area contributed by atoms with Crippen molar-refractivity contribution in [2.75, 3.05) is 12.9 Å². The lowest BCUT2D eigenvalue weighted by Crippen LogP contribution is -2.36. The minimum Gasteiger partial charge on any atom is -0.495 e. The Morgan fingerprint density at radius 2 is 2.11 bits per heavy atom. The van der Waals surface area contributed by atoms with Crippen LogP contribution in [0.5, 0.6) is 5.75 Å². The SMILES string of the molecule is COc1ccccc1-n1cnnc1SCC(=O)OC1CC(C)CCC1C(C)C.